The monoisotopic (exact) mass is 198 g/mol. The van der Waals surface area contributed by atoms with Crippen LogP contribution < -0.4 is 0 Å². The van der Waals surface area contributed by atoms with Gasteiger partial charge in [-0.05, 0) is 0 Å². The molecule has 0 saturated carbocycles. The molecule has 0 aliphatic carbocycles. The molecular weight excluding hydrogens is 187 g/mol. The van der Waals surface area contributed by atoms with E-state index in [1.54, 1.807) is 0 Å². The summed E-state index contributed by atoms with van der Waals surface area (Å²) in [4.78, 5) is 9.92. The van der Waals surface area contributed by atoms with Gasteiger partial charge in [0, 0.05) is 5.75 Å². The first-order chi connectivity index (χ1) is 5.63. The Labute approximate surface area is 73.4 Å². The van der Waals surface area contributed by atoms with Crippen molar-refractivity contribution in [1.82, 2.24) is 0 Å². The Balaban J connectivity index is 3.74. The molecule has 6 heteroatoms. The molecule has 0 radical (unpaired) electrons. The average Bonchev–Trinajstić information content (AvgIpc) is 2.11. The maximum atomic E-state index is 11.5. The number of rotatable bonds is 6. The summed E-state index contributed by atoms with van der Waals surface area (Å²) in [6.07, 6.45) is -4.32. The highest BCUT2D eigenvalue weighted by atomic mass is 32.2. The molecule has 0 saturated heterocycles. The molecule has 0 amide bonds. The van der Waals surface area contributed by atoms with Gasteiger partial charge in [0.15, 0.2) is 6.29 Å². The molecule has 0 rings (SSSR count). The molecule has 0 aliphatic heterocycles. The van der Waals surface area contributed by atoms with E-state index in [1.165, 1.54) is 0 Å². The van der Waals surface area contributed by atoms with Crippen LogP contribution in [0.15, 0.2) is 0 Å². The summed E-state index contributed by atoms with van der Waals surface area (Å²) in [5.74, 6) is -0.0530. The first-order valence-electron chi connectivity index (χ1n) is 3.26. The molecule has 72 valence electrons. The van der Waals surface area contributed by atoms with Gasteiger partial charge in [0.25, 0.3) is 0 Å². The van der Waals surface area contributed by atoms with Gasteiger partial charge >= 0.3 is 0 Å². The minimum Gasteiger partial charge on any atom is -0.389 e. The first kappa shape index (κ1) is 11.8. The molecule has 3 N–H and O–H groups in total. The zero-order valence-electron chi connectivity index (χ0n) is 6.26. The van der Waals surface area contributed by atoms with Gasteiger partial charge in [-0.3, -0.25) is 0 Å². The fraction of sp³-hybridized carbons (Fsp3) is 0.833. The topological polar surface area (TPSA) is 77.8 Å². The van der Waals surface area contributed by atoms with E-state index in [9.17, 15) is 9.18 Å². The highest BCUT2D eigenvalue weighted by molar-refractivity contribution is 7.99. The molecule has 3 atom stereocenters. The zero-order valence-corrected chi connectivity index (χ0v) is 7.08. The Morgan fingerprint density at radius 3 is 2.42 bits per heavy atom. The van der Waals surface area contributed by atoms with Crippen LogP contribution in [-0.4, -0.2) is 51.7 Å². The molecule has 0 aromatic heterocycles. The third kappa shape index (κ3) is 4.01. The van der Waals surface area contributed by atoms with Crippen molar-refractivity contribution in [3.05, 3.63) is 0 Å². The molecule has 0 aliphatic rings. The van der Waals surface area contributed by atoms with Crippen LogP contribution in [0.3, 0.4) is 0 Å². The van der Waals surface area contributed by atoms with Crippen molar-refractivity contribution < 1.29 is 24.5 Å². The zero-order chi connectivity index (χ0) is 9.56. The molecule has 0 bridgehead atoms. The van der Waals surface area contributed by atoms with Crippen LogP contribution in [0.25, 0.3) is 0 Å². The minimum absolute atomic E-state index is 0.0530. The molecule has 0 unspecified atom stereocenters. The minimum atomic E-state index is -1.61. The summed E-state index contributed by atoms with van der Waals surface area (Å²) in [6.45, 7) is 0. The predicted octanol–water partition coefficient (Wildman–Crippen LogP) is -1.07. The Morgan fingerprint density at radius 1 is 1.42 bits per heavy atom. The molecule has 0 aromatic carbocycles. The largest absolute Gasteiger partial charge is 0.389 e. The van der Waals surface area contributed by atoms with Crippen molar-refractivity contribution in [1.29, 1.82) is 0 Å². The normalized spacial score (nSPS) is 18.3. The van der Waals surface area contributed by atoms with Gasteiger partial charge in [0.2, 0.25) is 0 Å². The van der Waals surface area contributed by atoms with Crippen molar-refractivity contribution in [3.63, 3.8) is 0 Å². The summed E-state index contributed by atoms with van der Waals surface area (Å²) < 4.78 is 11.5. The molecule has 0 heterocycles. The van der Waals surface area contributed by atoms with E-state index in [-0.39, 0.29) is 12.0 Å². The standard InChI is InChI=1S/C6H11FO4S/c7-3-12-2-5(10)6(11)4(9)1-8/h1,4-6,9-11H,2-3H2/t4-,5+,6-/m0/s1. The number of carbonyl (C=O) groups is 1. The van der Waals surface area contributed by atoms with Crippen LogP contribution in [0.4, 0.5) is 4.39 Å². The predicted molar refractivity (Wildman–Crippen MR) is 42.5 cm³/mol. The van der Waals surface area contributed by atoms with Gasteiger partial charge in [-0.15, -0.1) is 11.8 Å². The third-order valence-corrected chi connectivity index (χ3v) is 1.98. The molecule has 0 fully saturated rings. The van der Waals surface area contributed by atoms with E-state index in [0.29, 0.717) is 0 Å². The molecule has 0 aromatic rings. The quantitative estimate of drug-likeness (QED) is 0.474. The van der Waals surface area contributed by atoms with Gasteiger partial charge < -0.3 is 20.1 Å². The van der Waals surface area contributed by atoms with Crippen molar-refractivity contribution in [3.8, 4) is 0 Å². The number of aldehydes is 1. The molecule has 0 spiro atoms. The summed E-state index contributed by atoms with van der Waals surface area (Å²) >= 11 is 0.769. The van der Waals surface area contributed by atoms with Crippen LogP contribution in [0.5, 0.6) is 0 Å². The molecular formula is C6H11FO4S. The fourth-order valence-corrected chi connectivity index (χ4v) is 1.10. The number of alkyl halides is 1. The maximum Gasteiger partial charge on any atom is 0.151 e. The van der Waals surface area contributed by atoms with Gasteiger partial charge in [0.05, 0.1) is 6.10 Å². The first-order valence-corrected chi connectivity index (χ1v) is 4.42. The van der Waals surface area contributed by atoms with Crippen molar-refractivity contribution in [2.45, 2.75) is 18.3 Å². The number of carbonyl (C=O) groups excluding carboxylic acids is 1. The van der Waals surface area contributed by atoms with E-state index in [0.717, 1.165) is 11.8 Å². The summed E-state index contributed by atoms with van der Waals surface area (Å²) in [5.41, 5.74) is 0. The van der Waals surface area contributed by atoms with Crippen LogP contribution in [0.2, 0.25) is 0 Å². The van der Waals surface area contributed by atoms with Crippen LogP contribution in [-0.2, 0) is 4.79 Å². The summed E-state index contributed by atoms with van der Waals surface area (Å²) in [5, 5.41) is 26.7. The molecule has 12 heavy (non-hydrogen) atoms. The smallest absolute Gasteiger partial charge is 0.151 e. The van der Waals surface area contributed by atoms with Gasteiger partial charge in [-0.2, -0.15) is 0 Å². The second-order valence-corrected chi connectivity index (χ2v) is 3.12. The van der Waals surface area contributed by atoms with Crippen LogP contribution in [0.1, 0.15) is 0 Å². The van der Waals surface area contributed by atoms with E-state index >= 15 is 0 Å². The Bertz CT molecular complexity index is 135. The lowest BCUT2D eigenvalue weighted by molar-refractivity contribution is -0.124. The second kappa shape index (κ2) is 6.36. The lowest BCUT2D eigenvalue weighted by Gasteiger charge is -2.18. The fourth-order valence-electron chi connectivity index (χ4n) is 0.572. The summed E-state index contributed by atoms with van der Waals surface area (Å²) in [6, 6.07) is -0.680. The highest BCUT2D eigenvalue weighted by Crippen LogP contribution is 2.07. The highest BCUT2D eigenvalue weighted by Gasteiger charge is 2.23. The molecule has 4 nitrogen and oxygen atoms in total. The van der Waals surface area contributed by atoms with Crippen molar-refractivity contribution in [2.75, 3.05) is 11.8 Å². The number of thioether (sulfide) groups is 1. The van der Waals surface area contributed by atoms with Gasteiger partial charge in [-0.25, -0.2) is 4.39 Å². The van der Waals surface area contributed by atoms with Crippen LogP contribution >= 0.6 is 11.8 Å². The number of halogens is 1. The van der Waals surface area contributed by atoms with E-state index in [4.69, 9.17) is 15.3 Å². The Morgan fingerprint density at radius 2 is 2.00 bits per heavy atom. The SMILES string of the molecule is O=C[C@H](O)[C@H](O)[C@H](O)CSCF. The third-order valence-electron chi connectivity index (χ3n) is 1.25. The van der Waals surface area contributed by atoms with Crippen molar-refractivity contribution >= 4 is 18.0 Å². The lowest BCUT2D eigenvalue weighted by Crippen LogP contribution is -2.39. The number of aliphatic hydroxyl groups is 3. The van der Waals surface area contributed by atoms with E-state index < -0.39 is 24.3 Å². The number of hydrogen-bond donors (Lipinski definition) is 3. The Kier molecular flexibility index (Phi) is 6.27. The number of hydrogen-bond acceptors (Lipinski definition) is 5. The van der Waals surface area contributed by atoms with Gasteiger partial charge in [0.1, 0.15) is 18.2 Å². The van der Waals surface area contributed by atoms with Crippen molar-refractivity contribution in [2.24, 2.45) is 0 Å². The Hall–Kier alpha value is -0.170. The maximum absolute atomic E-state index is 11.5. The lowest BCUT2D eigenvalue weighted by atomic mass is 10.1. The summed E-state index contributed by atoms with van der Waals surface area (Å²) in [7, 11) is 0. The number of aliphatic hydroxyl groups excluding tert-OH is 3. The van der Waals surface area contributed by atoms with Crippen LogP contribution in [0, 0.1) is 0 Å². The van der Waals surface area contributed by atoms with E-state index in [2.05, 4.69) is 0 Å². The van der Waals surface area contributed by atoms with E-state index in [1.807, 2.05) is 0 Å². The average molecular weight is 198 g/mol. The second-order valence-electron chi connectivity index (χ2n) is 2.16. The van der Waals surface area contributed by atoms with Gasteiger partial charge in [-0.1, -0.05) is 0 Å².